The number of piperidine rings is 1. The van der Waals surface area contributed by atoms with Crippen molar-refractivity contribution in [1.29, 1.82) is 0 Å². The number of hydrogen-bond acceptors (Lipinski definition) is 4. The second-order valence-corrected chi connectivity index (χ2v) is 11.9. The van der Waals surface area contributed by atoms with Crippen LogP contribution in [0.3, 0.4) is 0 Å². The first-order valence-corrected chi connectivity index (χ1v) is 14.1. The molecule has 2 aromatic carbocycles. The molecule has 184 valence electrons. The van der Waals surface area contributed by atoms with Crippen LogP contribution >= 0.6 is 23.2 Å². The van der Waals surface area contributed by atoms with E-state index in [0.717, 1.165) is 18.4 Å². The maximum Gasteiger partial charge on any atom is 0.241 e. The normalized spacial score (nSPS) is 21.6. The number of halogens is 2. The van der Waals surface area contributed by atoms with Gasteiger partial charge in [-0.25, -0.2) is 8.42 Å². The van der Waals surface area contributed by atoms with Crippen molar-refractivity contribution in [3.8, 4) is 0 Å². The average molecular weight is 525 g/mol. The Balaban J connectivity index is 1.55. The van der Waals surface area contributed by atoms with E-state index in [1.165, 1.54) is 31.4 Å². The van der Waals surface area contributed by atoms with Crippen molar-refractivity contribution in [2.45, 2.75) is 55.9 Å². The molecule has 4 rings (SSSR count). The Morgan fingerprint density at radius 1 is 1.06 bits per heavy atom. The minimum Gasteiger partial charge on any atom is -0.396 e. The summed E-state index contributed by atoms with van der Waals surface area (Å²) >= 11 is 12.2. The second kappa shape index (κ2) is 10.9. The third-order valence-corrected chi connectivity index (χ3v) is 9.20. The Bertz CT molecular complexity index is 1100. The third-order valence-electron chi connectivity index (χ3n) is 7.13. The third kappa shape index (κ3) is 5.88. The maximum atomic E-state index is 13.6. The number of benzene rings is 2. The summed E-state index contributed by atoms with van der Waals surface area (Å²) in [5.74, 6) is 1.01. The highest BCUT2D eigenvalue weighted by atomic mass is 35.5. The number of likely N-dealkylation sites (tertiary alicyclic amines) is 1. The number of sulfonamides is 1. The molecule has 1 heterocycles. The molecule has 0 bridgehead atoms. The van der Waals surface area contributed by atoms with E-state index in [1.54, 1.807) is 0 Å². The smallest absolute Gasteiger partial charge is 0.241 e. The summed E-state index contributed by atoms with van der Waals surface area (Å²) in [6.45, 7) is 1.37. The van der Waals surface area contributed by atoms with Crippen molar-refractivity contribution in [2.24, 2.45) is 11.8 Å². The molecule has 0 aromatic heterocycles. The summed E-state index contributed by atoms with van der Waals surface area (Å²) in [4.78, 5) is 15.4. The number of nitrogens with one attached hydrogen (secondary N) is 1. The lowest BCUT2D eigenvalue weighted by atomic mass is 9.75. The molecule has 1 saturated carbocycles. The lowest BCUT2D eigenvalue weighted by Crippen LogP contribution is -2.53. The van der Waals surface area contributed by atoms with E-state index >= 15 is 0 Å². The van der Waals surface area contributed by atoms with Gasteiger partial charge in [0.1, 0.15) is 6.04 Å². The minimum atomic E-state index is -4.05. The van der Waals surface area contributed by atoms with Gasteiger partial charge < -0.3 is 10.6 Å². The van der Waals surface area contributed by atoms with Gasteiger partial charge in [-0.15, -0.1) is 0 Å². The molecule has 0 spiro atoms. The number of fused-ring (bicyclic) bond motifs is 1. The number of hydrogen-bond donors (Lipinski definition) is 2. The van der Waals surface area contributed by atoms with Crippen molar-refractivity contribution in [2.75, 3.05) is 18.8 Å². The molecule has 0 unspecified atom stereocenters. The van der Waals surface area contributed by atoms with E-state index in [0.29, 0.717) is 37.8 Å². The highest BCUT2D eigenvalue weighted by molar-refractivity contribution is 7.89. The molecule has 9 heteroatoms. The van der Waals surface area contributed by atoms with Crippen LogP contribution in [0.5, 0.6) is 0 Å². The van der Waals surface area contributed by atoms with E-state index < -0.39 is 16.1 Å². The number of carbonyl (C=O) groups excluding carboxylic acids is 1. The van der Waals surface area contributed by atoms with Crippen molar-refractivity contribution in [3.63, 3.8) is 0 Å². The molecule has 1 aliphatic heterocycles. The highest BCUT2D eigenvalue weighted by Crippen LogP contribution is 2.36. The molecular weight excluding hydrogens is 493 g/mol. The molecular formula is C25H31Cl2N3O3S. The Hall–Kier alpha value is -1.80. The second-order valence-electron chi connectivity index (χ2n) is 9.38. The number of anilines is 1. The minimum absolute atomic E-state index is 0.0550. The number of amides is 1. The molecule has 1 saturated heterocycles. The van der Waals surface area contributed by atoms with Gasteiger partial charge in [0.25, 0.3) is 0 Å². The van der Waals surface area contributed by atoms with Gasteiger partial charge in [0, 0.05) is 13.1 Å². The molecule has 1 amide bonds. The van der Waals surface area contributed by atoms with Crippen molar-refractivity contribution < 1.29 is 13.2 Å². The predicted octanol–water partition coefficient (Wildman–Crippen LogP) is 4.89. The Morgan fingerprint density at radius 3 is 2.38 bits per heavy atom. The first kappa shape index (κ1) is 25.3. The summed E-state index contributed by atoms with van der Waals surface area (Å²) in [6.07, 6.45) is 6.74. The SMILES string of the molecule is Nc1c(Cl)cc(S(=O)(=O)N[C@H](CCc2ccccc2)C(=O)N2CC[C@H]3CCCC[C@@H]3C2)cc1Cl. The molecule has 2 aromatic rings. The van der Waals surface area contributed by atoms with E-state index in [9.17, 15) is 13.2 Å². The summed E-state index contributed by atoms with van der Waals surface area (Å²) in [6, 6.07) is 11.4. The molecule has 34 heavy (non-hydrogen) atoms. The van der Waals surface area contributed by atoms with Crippen LogP contribution < -0.4 is 10.5 Å². The molecule has 2 aliphatic rings. The Labute approximate surface area is 211 Å². The number of aryl methyl sites for hydroxylation is 1. The molecule has 2 fully saturated rings. The highest BCUT2D eigenvalue weighted by Gasteiger charge is 2.36. The van der Waals surface area contributed by atoms with Crippen LogP contribution in [-0.2, 0) is 21.2 Å². The van der Waals surface area contributed by atoms with Gasteiger partial charge in [-0.2, -0.15) is 4.72 Å². The van der Waals surface area contributed by atoms with E-state index in [4.69, 9.17) is 28.9 Å². The van der Waals surface area contributed by atoms with Gasteiger partial charge >= 0.3 is 0 Å². The van der Waals surface area contributed by atoms with Crippen LogP contribution in [0, 0.1) is 11.8 Å². The topological polar surface area (TPSA) is 92.5 Å². The summed E-state index contributed by atoms with van der Waals surface area (Å²) in [5, 5.41) is 0.110. The number of nitrogens with zero attached hydrogens (tertiary/aromatic N) is 1. The van der Waals surface area contributed by atoms with Gasteiger partial charge in [-0.05, 0) is 55.2 Å². The van der Waals surface area contributed by atoms with Crippen molar-refractivity contribution in [1.82, 2.24) is 9.62 Å². The van der Waals surface area contributed by atoms with Gasteiger partial charge in [-0.1, -0.05) is 72.8 Å². The van der Waals surface area contributed by atoms with Crippen LogP contribution in [0.1, 0.15) is 44.1 Å². The van der Waals surface area contributed by atoms with Crippen molar-refractivity contribution in [3.05, 3.63) is 58.1 Å². The van der Waals surface area contributed by atoms with Gasteiger partial charge in [-0.3, -0.25) is 4.79 Å². The van der Waals surface area contributed by atoms with Crippen LogP contribution in [0.4, 0.5) is 5.69 Å². The number of rotatable bonds is 7. The molecule has 6 nitrogen and oxygen atoms in total. The summed E-state index contributed by atoms with van der Waals surface area (Å²) in [7, 11) is -4.05. The zero-order valence-corrected chi connectivity index (χ0v) is 21.4. The number of carbonyl (C=O) groups is 1. The van der Waals surface area contributed by atoms with Gasteiger partial charge in [0.15, 0.2) is 0 Å². The van der Waals surface area contributed by atoms with Gasteiger partial charge in [0.05, 0.1) is 20.6 Å². The maximum absolute atomic E-state index is 13.6. The Morgan fingerprint density at radius 2 is 1.71 bits per heavy atom. The van der Waals surface area contributed by atoms with Crippen LogP contribution in [-0.4, -0.2) is 38.4 Å². The van der Waals surface area contributed by atoms with Crippen LogP contribution in [0.25, 0.3) is 0 Å². The van der Waals surface area contributed by atoms with E-state index in [2.05, 4.69) is 4.72 Å². The lowest BCUT2D eigenvalue weighted by molar-refractivity contribution is -0.136. The molecule has 0 radical (unpaired) electrons. The molecule has 3 atom stereocenters. The fraction of sp³-hybridized carbons (Fsp3) is 0.480. The van der Waals surface area contributed by atoms with Gasteiger partial charge in [0.2, 0.25) is 15.9 Å². The van der Waals surface area contributed by atoms with Crippen LogP contribution in [0.15, 0.2) is 47.4 Å². The quantitative estimate of drug-likeness (QED) is 0.505. The van der Waals surface area contributed by atoms with E-state index in [-0.39, 0.29) is 26.5 Å². The monoisotopic (exact) mass is 523 g/mol. The summed E-state index contributed by atoms with van der Waals surface area (Å²) < 4.78 is 29.1. The fourth-order valence-corrected chi connectivity index (χ4v) is 7.07. The predicted molar refractivity (Wildman–Crippen MR) is 136 cm³/mol. The largest absolute Gasteiger partial charge is 0.396 e. The lowest BCUT2D eigenvalue weighted by Gasteiger charge is -2.42. The average Bonchev–Trinajstić information content (AvgIpc) is 2.84. The zero-order chi connectivity index (χ0) is 24.3. The first-order chi connectivity index (χ1) is 16.2. The zero-order valence-electron chi connectivity index (χ0n) is 19.1. The molecule has 1 aliphatic carbocycles. The fourth-order valence-electron chi connectivity index (χ4n) is 5.18. The van der Waals surface area contributed by atoms with Crippen LogP contribution in [0.2, 0.25) is 10.0 Å². The Kier molecular flexibility index (Phi) is 8.08. The van der Waals surface area contributed by atoms with E-state index in [1.807, 2.05) is 35.2 Å². The first-order valence-electron chi connectivity index (χ1n) is 11.8. The summed E-state index contributed by atoms with van der Waals surface area (Å²) in [5.41, 5.74) is 6.93. The molecule has 3 N–H and O–H groups in total. The standard InChI is InChI=1S/C25H31Cl2N3O3S/c26-21-14-20(15-22(27)24(21)28)34(32,33)29-23(11-10-17-6-2-1-3-7-17)25(31)30-13-12-18-8-4-5-9-19(18)16-30/h1-3,6-7,14-15,18-19,23,29H,4-5,8-13,16,28H2/t18-,19-,23-/m1/s1. The van der Waals surface area contributed by atoms with Crippen molar-refractivity contribution >= 4 is 44.8 Å². The number of nitrogens with two attached hydrogens (primary N) is 1. The number of nitrogen functional groups attached to an aromatic ring is 1.